The lowest BCUT2D eigenvalue weighted by Crippen LogP contribution is -2.37. The van der Waals surface area contributed by atoms with Crippen molar-refractivity contribution in [2.24, 2.45) is 0 Å². The van der Waals surface area contributed by atoms with E-state index in [1.165, 1.54) is 11.8 Å². The number of para-hydroxylation sites is 1. The van der Waals surface area contributed by atoms with Gasteiger partial charge in [0.25, 0.3) is 0 Å². The molecule has 0 aliphatic carbocycles. The van der Waals surface area contributed by atoms with Gasteiger partial charge in [-0.25, -0.2) is 0 Å². The van der Waals surface area contributed by atoms with Crippen LogP contribution in [0.15, 0.2) is 52.1 Å². The van der Waals surface area contributed by atoms with Crippen molar-refractivity contribution in [3.05, 3.63) is 52.5 Å². The molecule has 1 amide bonds. The third-order valence-electron chi connectivity index (χ3n) is 4.81. The minimum Gasteiger partial charge on any atom is -0.496 e. The van der Waals surface area contributed by atoms with Crippen LogP contribution in [-0.2, 0) is 4.79 Å². The van der Waals surface area contributed by atoms with Crippen LogP contribution in [0.2, 0.25) is 0 Å². The van der Waals surface area contributed by atoms with Crippen LogP contribution in [0.5, 0.6) is 11.6 Å². The van der Waals surface area contributed by atoms with Gasteiger partial charge < -0.3 is 9.47 Å². The van der Waals surface area contributed by atoms with Crippen LogP contribution in [-0.4, -0.2) is 34.0 Å². The number of nitrogens with zero attached hydrogens (tertiary/aromatic N) is 4. The zero-order valence-electron chi connectivity index (χ0n) is 17.3. The molecule has 0 fully saturated rings. The molecule has 7 nitrogen and oxygen atoms in total. The Kier molecular flexibility index (Phi) is 6.43. The van der Waals surface area contributed by atoms with E-state index < -0.39 is 6.23 Å². The molecule has 2 aromatic carbocycles. The first-order valence-corrected chi connectivity index (χ1v) is 11.6. The third-order valence-corrected chi connectivity index (χ3v) is 6.03. The Morgan fingerprint density at radius 3 is 2.77 bits per heavy atom. The van der Waals surface area contributed by atoms with Crippen molar-refractivity contribution in [2.75, 3.05) is 17.8 Å². The second-order valence-electron chi connectivity index (χ2n) is 6.67. The SMILES string of the molecule is CCSc1nnc2c(n1)OC(c1cc(Br)ccc1OC)N(C(=O)CC)c1ccccc1-2. The van der Waals surface area contributed by atoms with Gasteiger partial charge in [0.15, 0.2) is 5.69 Å². The minimum atomic E-state index is -0.793. The highest BCUT2D eigenvalue weighted by Crippen LogP contribution is 2.45. The molecule has 0 bridgehead atoms. The number of thioether (sulfide) groups is 1. The molecule has 3 aromatic rings. The average molecular weight is 501 g/mol. The summed E-state index contributed by atoms with van der Waals surface area (Å²) in [6.07, 6.45) is -0.491. The van der Waals surface area contributed by atoms with Crippen LogP contribution in [0.25, 0.3) is 11.3 Å². The van der Waals surface area contributed by atoms with E-state index in [1.54, 1.807) is 12.0 Å². The van der Waals surface area contributed by atoms with Crippen LogP contribution >= 0.6 is 27.7 Å². The number of aromatic nitrogens is 3. The van der Waals surface area contributed by atoms with Crippen molar-refractivity contribution in [1.29, 1.82) is 0 Å². The largest absolute Gasteiger partial charge is 0.496 e. The monoisotopic (exact) mass is 500 g/mol. The van der Waals surface area contributed by atoms with Gasteiger partial charge in [-0.15, -0.1) is 10.2 Å². The molecule has 1 unspecified atom stereocenters. The first-order valence-electron chi connectivity index (χ1n) is 9.86. The van der Waals surface area contributed by atoms with Gasteiger partial charge in [0, 0.05) is 16.5 Å². The number of amides is 1. The lowest BCUT2D eigenvalue weighted by Gasteiger charge is -2.31. The summed E-state index contributed by atoms with van der Waals surface area (Å²) in [5, 5.41) is 9.18. The molecule has 0 radical (unpaired) electrons. The van der Waals surface area contributed by atoms with E-state index in [9.17, 15) is 4.79 Å². The zero-order valence-corrected chi connectivity index (χ0v) is 19.7. The average Bonchev–Trinajstić information content (AvgIpc) is 2.93. The summed E-state index contributed by atoms with van der Waals surface area (Å²) in [6, 6.07) is 13.2. The molecule has 0 spiro atoms. The number of carbonyl (C=O) groups excluding carboxylic acids is 1. The standard InChI is InChI=1S/C22H21BrN4O3S/c1-4-18(28)27-16-9-7-6-8-14(16)19-20(24-22(26-25-19)31-5-2)30-21(27)15-12-13(23)10-11-17(15)29-3/h6-12,21H,4-5H2,1-3H3. The Morgan fingerprint density at radius 1 is 1.23 bits per heavy atom. The summed E-state index contributed by atoms with van der Waals surface area (Å²) in [5.41, 5.74) is 2.63. The van der Waals surface area contributed by atoms with E-state index in [0.717, 1.165) is 15.8 Å². The summed E-state index contributed by atoms with van der Waals surface area (Å²) < 4.78 is 12.9. The van der Waals surface area contributed by atoms with E-state index in [0.29, 0.717) is 40.2 Å². The fourth-order valence-corrected chi connectivity index (χ4v) is 4.33. The van der Waals surface area contributed by atoms with Gasteiger partial charge in [-0.2, -0.15) is 4.98 Å². The number of hydrogen-bond acceptors (Lipinski definition) is 7. The van der Waals surface area contributed by atoms with Crippen molar-refractivity contribution >= 4 is 39.3 Å². The lowest BCUT2D eigenvalue weighted by atomic mass is 10.1. The molecule has 0 saturated carbocycles. The summed E-state index contributed by atoms with van der Waals surface area (Å²) in [6.45, 7) is 3.85. The van der Waals surface area contributed by atoms with Crippen LogP contribution in [0.3, 0.4) is 0 Å². The summed E-state index contributed by atoms with van der Waals surface area (Å²) in [4.78, 5) is 19.5. The van der Waals surface area contributed by atoms with Crippen molar-refractivity contribution in [3.8, 4) is 22.9 Å². The molecular formula is C22H21BrN4O3S. The van der Waals surface area contributed by atoms with Crippen LogP contribution in [0.1, 0.15) is 32.1 Å². The zero-order chi connectivity index (χ0) is 22.0. The van der Waals surface area contributed by atoms with Gasteiger partial charge in [-0.05, 0) is 30.0 Å². The van der Waals surface area contributed by atoms with Gasteiger partial charge in [-0.1, -0.05) is 59.7 Å². The van der Waals surface area contributed by atoms with Gasteiger partial charge in [0.2, 0.25) is 23.2 Å². The first kappa shape index (κ1) is 21.6. The first-order chi connectivity index (χ1) is 15.1. The Balaban J connectivity index is 1.99. The molecule has 31 heavy (non-hydrogen) atoms. The fraction of sp³-hybridized carbons (Fsp3) is 0.273. The van der Waals surface area contributed by atoms with Crippen molar-refractivity contribution < 1.29 is 14.3 Å². The van der Waals surface area contributed by atoms with E-state index in [-0.39, 0.29) is 5.91 Å². The van der Waals surface area contributed by atoms with Crippen molar-refractivity contribution in [2.45, 2.75) is 31.7 Å². The Bertz CT molecular complexity index is 1130. The highest BCUT2D eigenvalue weighted by atomic mass is 79.9. The number of carbonyl (C=O) groups is 1. The second kappa shape index (κ2) is 9.23. The van der Waals surface area contributed by atoms with Crippen LogP contribution in [0, 0.1) is 0 Å². The Hall–Kier alpha value is -2.65. The maximum absolute atomic E-state index is 13.2. The molecule has 1 atom stereocenters. The van der Waals surface area contributed by atoms with Crippen molar-refractivity contribution in [3.63, 3.8) is 0 Å². The van der Waals surface area contributed by atoms with E-state index >= 15 is 0 Å². The smallest absolute Gasteiger partial charge is 0.247 e. The van der Waals surface area contributed by atoms with Gasteiger partial charge in [-0.3, -0.25) is 9.69 Å². The molecule has 1 aromatic heterocycles. The summed E-state index contributed by atoms with van der Waals surface area (Å²) >= 11 is 5.00. The molecule has 160 valence electrons. The van der Waals surface area contributed by atoms with E-state index in [4.69, 9.17) is 9.47 Å². The predicted octanol–water partition coefficient (Wildman–Crippen LogP) is 5.26. The number of hydrogen-bond donors (Lipinski definition) is 0. The van der Waals surface area contributed by atoms with Crippen molar-refractivity contribution in [1.82, 2.24) is 15.2 Å². The Morgan fingerprint density at radius 2 is 2.03 bits per heavy atom. The van der Waals surface area contributed by atoms with Gasteiger partial charge in [0.05, 0.1) is 18.4 Å². The maximum atomic E-state index is 13.2. The van der Waals surface area contributed by atoms with Crippen LogP contribution in [0.4, 0.5) is 5.69 Å². The quantitative estimate of drug-likeness (QED) is 0.442. The maximum Gasteiger partial charge on any atom is 0.247 e. The fourth-order valence-electron chi connectivity index (χ4n) is 3.44. The molecular weight excluding hydrogens is 480 g/mol. The summed E-state index contributed by atoms with van der Waals surface area (Å²) in [7, 11) is 1.59. The highest BCUT2D eigenvalue weighted by molar-refractivity contribution is 9.10. The van der Waals surface area contributed by atoms with E-state index in [2.05, 4.69) is 31.1 Å². The Labute approximate surface area is 193 Å². The highest BCUT2D eigenvalue weighted by Gasteiger charge is 2.36. The number of methoxy groups -OCH3 is 1. The minimum absolute atomic E-state index is 0.0941. The lowest BCUT2D eigenvalue weighted by molar-refractivity contribution is -0.120. The number of ether oxygens (including phenoxy) is 2. The second-order valence-corrected chi connectivity index (χ2v) is 8.82. The molecule has 0 saturated heterocycles. The molecule has 1 aliphatic heterocycles. The number of rotatable bonds is 5. The topological polar surface area (TPSA) is 77.4 Å². The predicted molar refractivity (Wildman–Crippen MR) is 124 cm³/mol. The molecule has 2 heterocycles. The molecule has 4 rings (SSSR count). The van der Waals surface area contributed by atoms with Gasteiger partial charge in [0.1, 0.15) is 5.75 Å². The van der Waals surface area contributed by atoms with Gasteiger partial charge >= 0.3 is 0 Å². The molecule has 0 N–H and O–H groups in total. The number of anilines is 1. The third kappa shape index (κ3) is 4.12. The number of halogens is 1. The molecule has 9 heteroatoms. The summed E-state index contributed by atoms with van der Waals surface area (Å²) in [5.74, 6) is 1.65. The molecule has 1 aliphatic rings. The van der Waals surface area contributed by atoms with E-state index in [1.807, 2.05) is 56.3 Å². The van der Waals surface area contributed by atoms with Crippen LogP contribution < -0.4 is 14.4 Å². The number of benzene rings is 2. The number of fused-ring (bicyclic) bond motifs is 3. The normalized spacial score (nSPS) is 14.8.